The Morgan fingerprint density at radius 1 is 1.00 bits per heavy atom. The number of hydrogen-bond donors (Lipinski definition) is 0. The van der Waals surface area contributed by atoms with Crippen LogP contribution in [0.15, 0.2) is 0 Å². The van der Waals surface area contributed by atoms with Crippen molar-refractivity contribution in [3.63, 3.8) is 0 Å². The van der Waals surface area contributed by atoms with Gasteiger partial charge in [0.05, 0.1) is 0 Å². The zero-order valence-electron chi connectivity index (χ0n) is 1.64. The van der Waals surface area contributed by atoms with Crippen LogP contribution in [0.3, 0.4) is 0 Å². The third kappa shape index (κ3) is 36.0. The second-order valence-corrected chi connectivity index (χ2v) is 0. The van der Waals surface area contributed by atoms with Crippen LogP contribution in [0.2, 0.25) is 0 Å². The fourth-order valence-corrected chi connectivity index (χ4v) is 0. The van der Waals surface area contributed by atoms with Gasteiger partial charge in [0.25, 0.3) is 0 Å². The van der Waals surface area contributed by atoms with E-state index in [0.717, 1.165) is 0 Å². The molecule has 0 bridgehead atoms. The summed E-state index contributed by atoms with van der Waals surface area (Å²) < 4.78 is 0. The Bertz CT molecular complexity index is 11.6. The van der Waals surface area contributed by atoms with Crippen LogP contribution in [-0.2, 0) is 17.1 Å². The topological polar surface area (TPSA) is 0 Å². The first kappa shape index (κ1) is 112. The van der Waals surface area contributed by atoms with Crippen molar-refractivity contribution in [1.82, 2.24) is 0 Å². The molecule has 3 radical (unpaired) electrons. The molecule has 0 aliphatic rings. The molecule has 0 fully saturated rings. The molecule has 4 heteroatoms. The molecule has 0 nitrogen and oxygen atoms in total. The molecule has 0 aliphatic carbocycles. The molecule has 0 saturated heterocycles. The molecule has 0 saturated carbocycles. The number of hydrogen-bond acceptors (Lipinski definition) is 0. The SMILES string of the molecule is C.P.[B].[Fe].[SiH4]. The first-order valence-electron chi connectivity index (χ1n) is 0. The van der Waals surface area contributed by atoms with Crippen molar-refractivity contribution >= 4 is 29.3 Å². The maximum Gasteiger partial charge on any atom is 0 e. The maximum absolute atomic E-state index is 0. The molecule has 1 unspecified atom stereocenters. The summed E-state index contributed by atoms with van der Waals surface area (Å²) in [5, 5.41) is 0. The molecule has 0 heterocycles. The Balaban J connectivity index is 0. The van der Waals surface area contributed by atoms with Crippen LogP contribution in [0.5, 0.6) is 0 Å². The molecule has 35 valence electrons. The summed E-state index contributed by atoms with van der Waals surface area (Å²) in [6.45, 7) is 0. The van der Waals surface area contributed by atoms with Crippen molar-refractivity contribution in [2.45, 2.75) is 7.43 Å². The van der Waals surface area contributed by atoms with Gasteiger partial charge in [0.2, 0.25) is 0 Å². The summed E-state index contributed by atoms with van der Waals surface area (Å²) in [7, 11) is 0. The summed E-state index contributed by atoms with van der Waals surface area (Å²) in [6.07, 6.45) is 0. The summed E-state index contributed by atoms with van der Waals surface area (Å²) in [5.74, 6) is 0. The molecule has 0 aromatic heterocycles. The molecule has 5 heavy (non-hydrogen) atoms. The van der Waals surface area contributed by atoms with Gasteiger partial charge in [-0.25, -0.2) is 0 Å². The van der Waals surface area contributed by atoms with E-state index in [1.54, 1.807) is 0 Å². The van der Waals surface area contributed by atoms with Crippen LogP contribution >= 0.6 is 9.90 Å². The van der Waals surface area contributed by atoms with Crippen molar-refractivity contribution in [3.05, 3.63) is 0 Å². The van der Waals surface area contributed by atoms with Gasteiger partial charge in [-0.15, -0.1) is 0 Å². The molecule has 0 N–H and O–H groups in total. The zero-order valence-corrected chi connectivity index (χ0v) is 4.16. The van der Waals surface area contributed by atoms with Gasteiger partial charge in [0, 0.05) is 25.5 Å². The van der Waals surface area contributed by atoms with E-state index >= 15 is 0 Å². The zero-order chi connectivity index (χ0) is 0. The molecule has 0 amide bonds. The summed E-state index contributed by atoms with van der Waals surface area (Å²) in [5.41, 5.74) is 0. The fraction of sp³-hybridized carbons (Fsp3) is 1.00. The van der Waals surface area contributed by atoms with Gasteiger partial charge in [0.15, 0.2) is 0 Å². The monoisotopic (exact) mass is 149 g/mol. The average molecular weight is 149 g/mol. The maximum atomic E-state index is 0. The standard InChI is InChI=1S/CH4.B.Fe.H3P.H4Si/h1H4;;;1H3;1H4. The largest absolute Gasteiger partial charge is 0.153 e. The Morgan fingerprint density at radius 3 is 1.00 bits per heavy atom. The molecule has 0 spiro atoms. The van der Waals surface area contributed by atoms with Crippen molar-refractivity contribution < 1.29 is 17.1 Å². The third-order valence-corrected chi connectivity index (χ3v) is 0. The van der Waals surface area contributed by atoms with E-state index in [2.05, 4.69) is 0 Å². The van der Waals surface area contributed by atoms with E-state index in [0.29, 0.717) is 0 Å². The Morgan fingerprint density at radius 2 is 1.00 bits per heavy atom. The first-order valence-corrected chi connectivity index (χ1v) is 0. The van der Waals surface area contributed by atoms with E-state index in [1.165, 1.54) is 0 Å². The van der Waals surface area contributed by atoms with Gasteiger partial charge in [-0.05, 0) is 11.0 Å². The molecule has 0 rings (SSSR count). The Kier molecular flexibility index (Phi) is 1390. The predicted octanol–water partition coefficient (Wildman–Crippen LogP) is -1.14. The van der Waals surface area contributed by atoms with Gasteiger partial charge in [0.1, 0.15) is 0 Å². The van der Waals surface area contributed by atoms with E-state index < -0.39 is 0 Å². The quantitative estimate of drug-likeness (QED) is 0.301. The van der Waals surface area contributed by atoms with Gasteiger partial charge in [-0.3, -0.25) is 0 Å². The smallest absolute Gasteiger partial charge is 0 e. The van der Waals surface area contributed by atoms with Crippen molar-refractivity contribution in [3.8, 4) is 0 Å². The molecule has 0 aromatic rings. The van der Waals surface area contributed by atoms with Crippen molar-refractivity contribution in [2.75, 3.05) is 0 Å². The van der Waals surface area contributed by atoms with Crippen LogP contribution in [0.1, 0.15) is 7.43 Å². The third-order valence-electron chi connectivity index (χ3n) is 0. The van der Waals surface area contributed by atoms with Crippen molar-refractivity contribution in [2.24, 2.45) is 0 Å². The fourth-order valence-electron chi connectivity index (χ4n) is 0. The van der Waals surface area contributed by atoms with Gasteiger partial charge in [-0.1, -0.05) is 7.43 Å². The van der Waals surface area contributed by atoms with Crippen LogP contribution in [0, 0.1) is 0 Å². The summed E-state index contributed by atoms with van der Waals surface area (Å²) in [4.78, 5) is 0. The second-order valence-electron chi connectivity index (χ2n) is 0. The molecular weight excluding hydrogens is 138 g/mol. The van der Waals surface area contributed by atoms with E-state index in [1.807, 2.05) is 0 Å². The minimum absolute atomic E-state index is 0. The van der Waals surface area contributed by atoms with Crippen LogP contribution < -0.4 is 0 Å². The van der Waals surface area contributed by atoms with Gasteiger partial charge in [-0.2, -0.15) is 9.90 Å². The van der Waals surface area contributed by atoms with Crippen LogP contribution in [0.25, 0.3) is 0 Å². The summed E-state index contributed by atoms with van der Waals surface area (Å²) in [6, 6.07) is 0. The molecular formula is CH11BFePSi. The molecule has 1 atom stereocenters. The second kappa shape index (κ2) is 61.8. The minimum Gasteiger partial charge on any atom is -0.153 e. The minimum atomic E-state index is 0. The van der Waals surface area contributed by atoms with Crippen LogP contribution in [0.4, 0.5) is 0 Å². The Hall–Kier alpha value is 1.23. The summed E-state index contributed by atoms with van der Waals surface area (Å²) >= 11 is 0. The first-order chi connectivity index (χ1) is 0. The van der Waals surface area contributed by atoms with E-state index in [4.69, 9.17) is 0 Å². The predicted molar refractivity (Wildman–Crippen MR) is 34.9 cm³/mol. The van der Waals surface area contributed by atoms with E-state index in [-0.39, 0.29) is 53.8 Å². The normalized spacial score (nSPS) is 0. The average Bonchev–Trinajstić information content (AvgIpc) is 0. The van der Waals surface area contributed by atoms with Crippen molar-refractivity contribution in [1.29, 1.82) is 0 Å². The Labute approximate surface area is 54.2 Å². The number of rotatable bonds is 0. The van der Waals surface area contributed by atoms with Gasteiger partial charge < -0.3 is 0 Å². The molecule has 0 aromatic carbocycles. The molecule has 0 aliphatic heterocycles. The van der Waals surface area contributed by atoms with Crippen LogP contribution in [-0.4, -0.2) is 19.4 Å². The van der Waals surface area contributed by atoms with Gasteiger partial charge >= 0.3 is 0 Å². The van der Waals surface area contributed by atoms with E-state index in [9.17, 15) is 0 Å².